The van der Waals surface area contributed by atoms with Gasteiger partial charge in [-0.1, -0.05) is 29.1 Å². The fourth-order valence-electron chi connectivity index (χ4n) is 0.644. The number of aromatic nitrogens is 1. The van der Waals surface area contributed by atoms with E-state index in [0.717, 1.165) is 0 Å². The van der Waals surface area contributed by atoms with Crippen LogP contribution in [0.4, 0.5) is 0 Å². The molecule has 1 amide bonds. The zero-order valence-electron chi connectivity index (χ0n) is 6.34. The minimum atomic E-state index is -0.719. The molecule has 13 heavy (non-hydrogen) atoms. The van der Waals surface area contributed by atoms with Gasteiger partial charge >= 0.3 is 0 Å². The number of hydrogen-bond donors (Lipinski definition) is 1. The van der Waals surface area contributed by atoms with Crippen molar-refractivity contribution < 1.29 is 4.79 Å². The number of amides is 1. The van der Waals surface area contributed by atoms with Crippen molar-refractivity contribution in [2.45, 2.75) is 0 Å². The van der Waals surface area contributed by atoms with Crippen molar-refractivity contribution in [1.29, 1.82) is 0 Å². The molecule has 0 saturated carbocycles. The molecule has 1 heterocycles. The van der Waals surface area contributed by atoms with E-state index in [1.165, 1.54) is 6.20 Å². The molecule has 0 aliphatic rings. The number of nitrogens with zero attached hydrogens (tertiary/aromatic N) is 1. The van der Waals surface area contributed by atoms with Crippen LogP contribution in [0.15, 0.2) is 12.3 Å². The Bertz CT molecular complexity index is 406. The van der Waals surface area contributed by atoms with E-state index in [1.807, 2.05) is 0 Å². The topological polar surface area (TPSA) is 56.0 Å². The van der Waals surface area contributed by atoms with Crippen LogP contribution in [-0.2, 0) is 4.79 Å². The van der Waals surface area contributed by atoms with Crippen LogP contribution < -0.4 is 5.73 Å². The van der Waals surface area contributed by atoms with Crippen LogP contribution in [0.25, 0.3) is 0 Å². The lowest BCUT2D eigenvalue weighted by atomic mass is 10.3. The fourth-order valence-corrected chi connectivity index (χ4v) is 0.961. The highest BCUT2D eigenvalue weighted by Crippen LogP contribution is 2.21. The van der Waals surface area contributed by atoms with Crippen molar-refractivity contribution in [3.63, 3.8) is 0 Å². The van der Waals surface area contributed by atoms with Crippen molar-refractivity contribution in [1.82, 2.24) is 4.98 Å². The second-order valence-electron chi connectivity index (χ2n) is 2.08. The predicted molar refractivity (Wildman–Crippen MR) is 50.3 cm³/mol. The first kappa shape index (κ1) is 9.85. The van der Waals surface area contributed by atoms with Gasteiger partial charge in [0.2, 0.25) is 0 Å². The van der Waals surface area contributed by atoms with Crippen LogP contribution in [0, 0.1) is 11.8 Å². The number of halogens is 2. The number of primary amides is 1. The minimum Gasteiger partial charge on any atom is -0.359 e. The largest absolute Gasteiger partial charge is 0.359 e. The first-order valence-electron chi connectivity index (χ1n) is 3.22. The SMILES string of the molecule is NC(=O)C#Cc1ccnc(Cl)c1Cl. The van der Waals surface area contributed by atoms with Crippen LogP contribution in [0.5, 0.6) is 0 Å². The first-order valence-corrected chi connectivity index (χ1v) is 3.98. The van der Waals surface area contributed by atoms with E-state index in [2.05, 4.69) is 16.8 Å². The van der Waals surface area contributed by atoms with Crippen LogP contribution in [0.2, 0.25) is 10.2 Å². The molecule has 0 aliphatic carbocycles. The second-order valence-corrected chi connectivity index (χ2v) is 2.81. The summed E-state index contributed by atoms with van der Waals surface area (Å²) in [5, 5.41) is 0.371. The van der Waals surface area contributed by atoms with Crippen LogP contribution in [0.1, 0.15) is 5.56 Å². The lowest BCUT2D eigenvalue weighted by molar-refractivity contribution is -0.112. The molecule has 1 aromatic heterocycles. The van der Waals surface area contributed by atoms with E-state index in [9.17, 15) is 4.79 Å². The third-order valence-corrected chi connectivity index (χ3v) is 1.93. The molecule has 3 nitrogen and oxygen atoms in total. The number of rotatable bonds is 0. The smallest absolute Gasteiger partial charge is 0.293 e. The van der Waals surface area contributed by atoms with Gasteiger partial charge in [-0.25, -0.2) is 4.98 Å². The summed E-state index contributed by atoms with van der Waals surface area (Å²) in [6.45, 7) is 0. The molecule has 66 valence electrons. The monoisotopic (exact) mass is 214 g/mol. The van der Waals surface area contributed by atoms with Crippen LogP contribution in [-0.4, -0.2) is 10.9 Å². The van der Waals surface area contributed by atoms with Crippen LogP contribution in [0.3, 0.4) is 0 Å². The molecular formula is C8H4Cl2N2O. The van der Waals surface area contributed by atoms with Gasteiger partial charge in [0, 0.05) is 17.7 Å². The zero-order chi connectivity index (χ0) is 9.84. The van der Waals surface area contributed by atoms with Gasteiger partial charge in [-0.2, -0.15) is 0 Å². The maximum atomic E-state index is 10.3. The number of carbonyl (C=O) groups is 1. The van der Waals surface area contributed by atoms with Crippen molar-refractivity contribution in [3.05, 3.63) is 28.0 Å². The normalized spacial score (nSPS) is 8.77. The van der Waals surface area contributed by atoms with E-state index in [0.29, 0.717) is 5.56 Å². The summed E-state index contributed by atoms with van der Waals surface area (Å²) in [6.07, 6.45) is 1.44. The lowest BCUT2D eigenvalue weighted by Crippen LogP contribution is -2.06. The Labute approximate surface area is 84.9 Å². The molecule has 0 atom stereocenters. The molecule has 0 bridgehead atoms. The van der Waals surface area contributed by atoms with E-state index in [4.69, 9.17) is 28.9 Å². The number of carbonyl (C=O) groups excluding carboxylic acids is 1. The van der Waals surface area contributed by atoms with Gasteiger partial charge in [-0.3, -0.25) is 4.79 Å². The molecule has 0 fully saturated rings. The highest BCUT2D eigenvalue weighted by molar-refractivity contribution is 6.41. The van der Waals surface area contributed by atoms with E-state index in [1.54, 1.807) is 6.07 Å². The van der Waals surface area contributed by atoms with Gasteiger partial charge in [0.1, 0.15) is 5.15 Å². The molecule has 0 unspecified atom stereocenters. The van der Waals surface area contributed by atoms with Crippen molar-refractivity contribution in [2.75, 3.05) is 0 Å². The molecule has 0 aliphatic heterocycles. The average molecular weight is 215 g/mol. The number of pyridine rings is 1. The Morgan fingerprint density at radius 1 is 1.54 bits per heavy atom. The molecule has 2 N–H and O–H groups in total. The van der Waals surface area contributed by atoms with Gasteiger partial charge in [-0.05, 0) is 6.07 Å². The second kappa shape index (κ2) is 4.13. The van der Waals surface area contributed by atoms with Gasteiger partial charge in [0.25, 0.3) is 5.91 Å². The summed E-state index contributed by atoms with van der Waals surface area (Å²) in [5.74, 6) is 3.90. The third-order valence-electron chi connectivity index (χ3n) is 1.17. The number of nitrogens with two attached hydrogens (primary N) is 1. The summed E-state index contributed by atoms with van der Waals surface area (Å²) in [7, 11) is 0. The van der Waals surface area contributed by atoms with Crippen molar-refractivity contribution >= 4 is 29.1 Å². The Hall–Kier alpha value is -1.24. The standard InChI is InChI=1S/C8H4Cl2N2O/c9-7-5(1-2-6(11)13)3-4-12-8(7)10/h3-4H,(H2,11,13). The Balaban J connectivity index is 3.11. The summed E-state index contributed by atoms with van der Waals surface area (Å²) < 4.78 is 0. The molecular weight excluding hydrogens is 211 g/mol. The van der Waals surface area contributed by atoms with Crippen molar-refractivity contribution in [2.24, 2.45) is 5.73 Å². The zero-order valence-corrected chi connectivity index (χ0v) is 7.86. The maximum absolute atomic E-state index is 10.3. The average Bonchev–Trinajstić information content (AvgIpc) is 2.07. The molecule has 0 spiro atoms. The third kappa shape index (κ3) is 2.62. The Kier molecular flexibility index (Phi) is 3.13. The Morgan fingerprint density at radius 2 is 2.23 bits per heavy atom. The predicted octanol–water partition coefficient (Wildman–Crippen LogP) is 1.23. The van der Waals surface area contributed by atoms with Crippen molar-refractivity contribution in [3.8, 4) is 11.8 Å². The molecule has 0 aromatic carbocycles. The van der Waals surface area contributed by atoms with Gasteiger partial charge in [0.15, 0.2) is 0 Å². The molecule has 0 saturated heterocycles. The number of hydrogen-bond acceptors (Lipinski definition) is 2. The van der Waals surface area contributed by atoms with E-state index < -0.39 is 5.91 Å². The summed E-state index contributed by atoms with van der Waals surface area (Å²) in [4.78, 5) is 14.0. The highest BCUT2D eigenvalue weighted by Gasteiger charge is 2.02. The van der Waals surface area contributed by atoms with Gasteiger partial charge < -0.3 is 5.73 Å². The van der Waals surface area contributed by atoms with E-state index in [-0.39, 0.29) is 10.2 Å². The molecule has 0 radical (unpaired) electrons. The fraction of sp³-hybridized carbons (Fsp3) is 0. The van der Waals surface area contributed by atoms with E-state index >= 15 is 0 Å². The maximum Gasteiger partial charge on any atom is 0.293 e. The molecule has 1 aromatic rings. The molecule has 1 rings (SSSR count). The minimum absolute atomic E-state index is 0.151. The lowest BCUT2D eigenvalue weighted by Gasteiger charge is -1.95. The Morgan fingerprint density at radius 3 is 2.85 bits per heavy atom. The van der Waals surface area contributed by atoms with Crippen LogP contribution >= 0.6 is 23.2 Å². The molecule has 5 heteroatoms. The summed E-state index contributed by atoms with van der Waals surface area (Å²) >= 11 is 11.3. The highest BCUT2D eigenvalue weighted by atomic mass is 35.5. The first-order chi connectivity index (χ1) is 6.11. The van der Waals surface area contributed by atoms with Gasteiger partial charge in [0.05, 0.1) is 5.02 Å². The summed E-state index contributed by atoms with van der Waals surface area (Å²) in [6, 6.07) is 1.55. The quantitative estimate of drug-likeness (QED) is 0.522. The van der Waals surface area contributed by atoms with Gasteiger partial charge in [-0.15, -0.1) is 0 Å². The summed E-state index contributed by atoms with van der Waals surface area (Å²) in [5.41, 5.74) is 5.26.